The number of carbonyl (C=O) groups excluding carboxylic acids is 1. The number of hydrogen-bond acceptors (Lipinski definition) is 4. The number of anilines is 1. The number of pyridine rings is 1. The maximum Gasteiger partial charge on any atom is 0.243 e. The first-order valence-corrected chi connectivity index (χ1v) is 6.47. The molecule has 0 bridgehead atoms. The van der Waals surface area contributed by atoms with Gasteiger partial charge in [0.1, 0.15) is 5.82 Å². The zero-order valence-corrected chi connectivity index (χ0v) is 10.9. The summed E-state index contributed by atoms with van der Waals surface area (Å²) < 4.78 is 0. The molecule has 1 aromatic heterocycles. The normalized spacial score (nSPS) is 19.0. The van der Waals surface area contributed by atoms with Crippen molar-refractivity contribution in [3.05, 3.63) is 36.5 Å². The van der Waals surface area contributed by atoms with Crippen molar-refractivity contribution < 1.29 is 9.90 Å². The number of rotatable bonds is 4. The van der Waals surface area contributed by atoms with Gasteiger partial charge in [0.25, 0.3) is 0 Å². The fraction of sp³-hybridized carbons (Fsp3) is 0.429. The smallest absolute Gasteiger partial charge is 0.243 e. The molecule has 2 heterocycles. The molecule has 1 atom stereocenters. The highest BCUT2D eigenvalue weighted by Crippen LogP contribution is 2.18. The minimum atomic E-state index is -0.278. The van der Waals surface area contributed by atoms with Gasteiger partial charge in [0.05, 0.1) is 6.10 Å². The molecule has 0 radical (unpaired) electrons. The first-order valence-electron chi connectivity index (χ1n) is 6.47. The van der Waals surface area contributed by atoms with Crippen molar-refractivity contribution in [1.82, 2.24) is 10.3 Å². The third-order valence-electron chi connectivity index (χ3n) is 3.18. The first-order chi connectivity index (χ1) is 9.19. The van der Waals surface area contributed by atoms with E-state index >= 15 is 0 Å². The summed E-state index contributed by atoms with van der Waals surface area (Å²) in [6.07, 6.45) is 4.53. The zero-order chi connectivity index (χ0) is 13.7. The highest BCUT2D eigenvalue weighted by Gasteiger charge is 2.18. The van der Waals surface area contributed by atoms with Crippen LogP contribution in [0.2, 0.25) is 0 Å². The summed E-state index contributed by atoms with van der Waals surface area (Å²) in [4.78, 5) is 17.5. The molecule has 1 aliphatic heterocycles. The monoisotopic (exact) mass is 261 g/mol. The molecule has 1 amide bonds. The van der Waals surface area contributed by atoms with Gasteiger partial charge in [0.2, 0.25) is 5.91 Å². The Morgan fingerprint density at radius 2 is 2.53 bits per heavy atom. The molecule has 1 fully saturated rings. The molecule has 1 unspecified atom stereocenters. The fourth-order valence-corrected chi connectivity index (χ4v) is 2.17. The predicted octanol–water partition coefficient (Wildman–Crippen LogP) is 0.845. The van der Waals surface area contributed by atoms with Crippen LogP contribution in [0.4, 0.5) is 5.82 Å². The summed E-state index contributed by atoms with van der Waals surface area (Å²) in [7, 11) is 0. The van der Waals surface area contributed by atoms with Gasteiger partial charge in [0, 0.05) is 25.8 Å². The highest BCUT2D eigenvalue weighted by molar-refractivity contribution is 5.86. The number of nitrogens with one attached hydrogen (secondary N) is 1. The molecule has 2 N–H and O–H groups in total. The van der Waals surface area contributed by atoms with Crippen LogP contribution in [0.25, 0.3) is 0 Å². The van der Waals surface area contributed by atoms with Crippen molar-refractivity contribution in [2.45, 2.75) is 25.5 Å². The number of piperidine rings is 1. The number of aliphatic hydroxyl groups is 1. The van der Waals surface area contributed by atoms with Gasteiger partial charge in [-0.3, -0.25) is 4.79 Å². The Hall–Kier alpha value is -1.88. The van der Waals surface area contributed by atoms with E-state index in [-0.39, 0.29) is 12.0 Å². The quantitative estimate of drug-likeness (QED) is 0.788. The lowest BCUT2D eigenvalue weighted by Gasteiger charge is -2.31. The van der Waals surface area contributed by atoms with Crippen LogP contribution in [0.5, 0.6) is 0 Å². The maximum absolute atomic E-state index is 11.1. The summed E-state index contributed by atoms with van der Waals surface area (Å²) in [5, 5.41) is 12.4. The summed E-state index contributed by atoms with van der Waals surface area (Å²) in [6, 6.07) is 3.81. The van der Waals surface area contributed by atoms with E-state index in [4.69, 9.17) is 0 Å². The topological polar surface area (TPSA) is 65.5 Å². The van der Waals surface area contributed by atoms with E-state index in [0.717, 1.165) is 30.8 Å². The van der Waals surface area contributed by atoms with E-state index in [9.17, 15) is 9.90 Å². The Kier molecular flexibility index (Phi) is 4.52. The maximum atomic E-state index is 11.1. The van der Waals surface area contributed by atoms with Crippen LogP contribution in [0.3, 0.4) is 0 Å². The van der Waals surface area contributed by atoms with Gasteiger partial charge < -0.3 is 15.3 Å². The first kappa shape index (κ1) is 13.5. The molecule has 5 nitrogen and oxygen atoms in total. The standard InChI is InChI=1S/C14H19N3O2/c1-2-14(19)16-9-11-5-6-15-13(8-11)17-7-3-4-12(18)10-17/h2,5-6,8,12,18H,1,3-4,7,9-10H2,(H,16,19). The lowest BCUT2D eigenvalue weighted by molar-refractivity contribution is -0.116. The Morgan fingerprint density at radius 1 is 1.68 bits per heavy atom. The van der Waals surface area contributed by atoms with Crippen LogP contribution in [-0.4, -0.2) is 35.2 Å². The minimum absolute atomic E-state index is 0.188. The molecule has 0 spiro atoms. The summed E-state index contributed by atoms with van der Waals surface area (Å²) in [5.41, 5.74) is 0.986. The number of aliphatic hydroxyl groups excluding tert-OH is 1. The molecule has 19 heavy (non-hydrogen) atoms. The van der Waals surface area contributed by atoms with E-state index in [1.54, 1.807) is 6.20 Å². The summed E-state index contributed by atoms with van der Waals surface area (Å²) in [5.74, 6) is 0.663. The Balaban J connectivity index is 2.01. The van der Waals surface area contributed by atoms with Crippen molar-refractivity contribution in [2.75, 3.05) is 18.0 Å². The van der Waals surface area contributed by atoms with Gasteiger partial charge in [-0.2, -0.15) is 0 Å². The molecule has 1 aliphatic rings. The molecule has 0 aromatic carbocycles. The molecule has 0 aliphatic carbocycles. The van der Waals surface area contributed by atoms with E-state index in [1.807, 2.05) is 12.1 Å². The molecule has 0 saturated carbocycles. The zero-order valence-electron chi connectivity index (χ0n) is 10.9. The average molecular weight is 261 g/mol. The third-order valence-corrected chi connectivity index (χ3v) is 3.18. The Bertz CT molecular complexity index is 462. The van der Waals surface area contributed by atoms with Crippen molar-refractivity contribution in [2.24, 2.45) is 0 Å². The number of hydrogen-bond donors (Lipinski definition) is 2. The molecule has 1 saturated heterocycles. The van der Waals surface area contributed by atoms with Gasteiger partial charge in [-0.05, 0) is 36.6 Å². The fourth-order valence-electron chi connectivity index (χ4n) is 2.17. The van der Waals surface area contributed by atoms with Crippen LogP contribution in [0.1, 0.15) is 18.4 Å². The third kappa shape index (κ3) is 3.79. The average Bonchev–Trinajstić information content (AvgIpc) is 2.45. The van der Waals surface area contributed by atoms with E-state index in [2.05, 4.69) is 21.8 Å². The number of aromatic nitrogens is 1. The molecule has 102 valence electrons. The largest absolute Gasteiger partial charge is 0.391 e. The summed E-state index contributed by atoms with van der Waals surface area (Å²) >= 11 is 0. The molecular formula is C14H19N3O2. The van der Waals surface area contributed by atoms with Crippen LogP contribution >= 0.6 is 0 Å². The Morgan fingerprint density at radius 3 is 3.26 bits per heavy atom. The van der Waals surface area contributed by atoms with Crippen LogP contribution in [0.15, 0.2) is 31.0 Å². The predicted molar refractivity (Wildman–Crippen MR) is 73.7 cm³/mol. The van der Waals surface area contributed by atoms with Crippen molar-refractivity contribution in [1.29, 1.82) is 0 Å². The molecular weight excluding hydrogens is 242 g/mol. The van der Waals surface area contributed by atoms with Crippen molar-refractivity contribution >= 4 is 11.7 Å². The SMILES string of the molecule is C=CC(=O)NCc1ccnc(N2CCCC(O)C2)c1. The lowest BCUT2D eigenvalue weighted by atomic mass is 10.1. The second kappa shape index (κ2) is 6.33. The second-order valence-corrected chi connectivity index (χ2v) is 4.69. The van der Waals surface area contributed by atoms with Crippen molar-refractivity contribution in [3.8, 4) is 0 Å². The van der Waals surface area contributed by atoms with Gasteiger partial charge in [-0.1, -0.05) is 6.58 Å². The van der Waals surface area contributed by atoms with Gasteiger partial charge in [0.15, 0.2) is 0 Å². The highest BCUT2D eigenvalue weighted by atomic mass is 16.3. The van der Waals surface area contributed by atoms with Crippen LogP contribution < -0.4 is 10.2 Å². The van der Waals surface area contributed by atoms with Gasteiger partial charge in [-0.15, -0.1) is 0 Å². The van der Waals surface area contributed by atoms with Gasteiger partial charge >= 0.3 is 0 Å². The number of carbonyl (C=O) groups is 1. The minimum Gasteiger partial charge on any atom is -0.391 e. The second-order valence-electron chi connectivity index (χ2n) is 4.69. The summed E-state index contributed by atoms with van der Waals surface area (Å²) in [6.45, 7) is 5.40. The Labute approximate surface area is 113 Å². The van der Waals surface area contributed by atoms with Gasteiger partial charge in [-0.25, -0.2) is 4.98 Å². The molecule has 5 heteroatoms. The molecule has 2 rings (SSSR count). The van der Waals surface area contributed by atoms with E-state index in [0.29, 0.717) is 13.1 Å². The van der Waals surface area contributed by atoms with E-state index in [1.165, 1.54) is 6.08 Å². The van der Waals surface area contributed by atoms with Crippen molar-refractivity contribution in [3.63, 3.8) is 0 Å². The van der Waals surface area contributed by atoms with Crippen LogP contribution in [0, 0.1) is 0 Å². The van der Waals surface area contributed by atoms with E-state index < -0.39 is 0 Å². The number of amides is 1. The number of β-amino-alcohol motifs (C(OH)–C–C–N with tert-alkyl or cyclic N) is 1. The number of nitrogens with zero attached hydrogens (tertiary/aromatic N) is 2. The lowest BCUT2D eigenvalue weighted by Crippen LogP contribution is -2.38. The van der Waals surface area contributed by atoms with Crippen LogP contribution in [-0.2, 0) is 11.3 Å². The molecule has 1 aromatic rings.